The Morgan fingerprint density at radius 1 is 1.13 bits per heavy atom. The van der Waals surface area contributed by atoms with Crippen LogP contribution in [-0.2, 0) is 16.8 Å². The zero-order valence-electron chi connectivity index (χ0n) is 12.2. The highest BCUT2D eigenvalue weighted by Crippen LogP contribution is 2.45. The SMILES string of the molecule is O=C1Nc2ccc(Br)cc2[C@]12NCCc1c2[nH]c2ccccc12. The molecule has 2 aliphatic rings. The van der Waals surface area contributed by atoms with Crippen LogP contribution < -0.4 is 10.6 Å². The summed E-state index contributed by atoms with van der Waals surface area (Å²) in [4.78, 5) is 16.5. The molecule has 114 valence electrons. The number of carbonyl (C=O) groups is 1. The highest BCUT2D eigenvalue weighted by Gasteiger charge is 2.52. The van der Waals surface area contributed by atoms with Crippen LogP contribution in [0.5, 0.6) is 0 Å². The second-order valence-electron chi connectivity index (χ2n) is 6.09. The fourth-order valence-electron chi connectivity index (χ4n) is 3.94. The van der Waals surface area contributed by atoms with Gasteiger partial charge < -0.3 is 10.3 Å². The lowest BCUT2D eigenvalue weighted by Gasteiger charge is -2.33. The first-order valence-corrected chi connectivity index (χ1v) is 8.46. The molecule has 1 atom stereocenters. The molecular weight excluding hydrogens is 354 g/mol. The third-order valence-electron chi connectivity index (χ3n) is 4.93. The molecule has 3 heterocycles. The lowest BCUT2D eigenvalue weighted by Crippen LogP contribution is -2.53. The van der Waals surface area contributed by atoms with E-state index in [2.05, 4.69) is 43.7 Å². The van der Waals surface area contributed by atoms with E-state index in [1.807, 2.05) is 30.3 Å². The molecular formula is C18H14BrN3O. The van der Waals surface area contributed by atoms with Crippen LogP contribution in [0.25, 0.3) is 10.9 Å². The lowest BCUT2D eigenvalue weighted by atomic mass is 9.82. The van der Waals surface area contributed by atoms with Crippen LogP contribution in [-0.4, -0.2) is 17.4 Å². The molecule has 2 aromatic carbocycles. The van der Waals surface area contributed by atoms with Crippen molar-refractivity contribution in [3.8, 4) is 0 Å². The fraction of sp³-hybridized carbons (Fsp3) is 0.167. The van der Waals surface area contributed by atoms with Crippen molar-refractivity contribution in [1.82, 2.24) is 10.3 Å². The van der Waals surface area contributed by atoms with E-state index < -0.39 is 5.54 Å². The Kier molecular flexibility index (Phi) is 2.59. The molecule has 23 heavy (non-hydrogen) atoms. The number of benzene rings is 2. The number of amides is 1. The largest absolute Gasteiger partial charge is 0.356 e. The number of nitrogens with one attached hydrogen (secondary N) is 3. The molecule has 0 saturated carbocycles. The van der Waals surface area contributed by atoms with Gasteiger partial charge in [0.1, 0.15) is 0 Å². The molecule has 3 N–H and O–H groups in total. The lowest BCUT2D eigenvalue weighted by molar-refractivity contribution is -0.120. The number of aromatic amines is 1. The Hall–Kier alpha value is -2.11. The van der Waals surface area contributed by atoms with Crippen LogP contribution in [0.2, 0.25) is 0 Å². The number of fused-ring (bicyclic) bond motifs is 6. The quantitative estimate of drug-likeness (QED) is 0.571. The molecule has 4 nitrogen and oxygen atoms in total. The smallest absolute Gasteiger partial charge is 0.255 e. The summed E-state index contributed by atoms with van der Waals surface area (Å²) in [5.74, 6) is -0.0156. The summed E-state index contributed by atoms with van der Waals surface area (Å²) in [5.41, 5.74) is 4.31. The molecule has 0 bridgehead atoms. The highest BCUT2D eigenvalue weighted by atomic mass is 79.9. The predicted molar refractivity (Wildman–Crippen MR) is 93.6 cm³/mol. The van der Waals surface area contributed by atoms with Gasteiger partial charge in [0.2, 0.25) is 0 Å². The van der Waals surface area contributed by atoms with Gasteiger partial charge in [-0.15, -0.1) is 0 Å². The molecule has 1 spiro atoms. The van der Waals surface area contributed by atoms with E-state index in [4.69, 9.17) is 0 Å². The van der Waals surface area contributed by atoms with Crippen molar-refractivity contribution in [2.45, 2.75) is 12.0 Å². The molecule has 1 aromatic heterocycles. The summed E-state index contributed by atoms with van der Waals surface area (Å²) in [7, 11) is 0. The van der Waals surface area contributed by atoms with Gasteiger partial charge in [0.05, 0.1) is 5.69 Å². The molecule has 1 amide bonds. The number of aromatic nitrogens is 1. The molecule has 0 radical (unpaired) electrons. The van der Waals surface area contributed by atoms with Gasteiger partial charge in [-0.3, -0.25) is 10.1 Å². The van der Waals surface area contributed by atoms with E-state index in [-0.39, 0.29) is 5.91 Å². The minimum absolute atomic E-state index is 0.0156. The van der Waals surface area contributed by atoms with Crippen LogP contribution in [0.3, 0.4) is 0 Å². The van der Waals surface area contributed by atoms with Gasteiger partial charge in [-0.2, -0.15) is 0 Å². The molecule has 2 aliphatic heterocycles. The predicted octanol–water partition coefficient (Wildman–Crippen LogP) is 3.27. The van der Waals surface area contributed by atoms with Crippen LogP contribution in [0.15, 0.2) is 46.9 Å². The van der Waals surface area contributed by atoms with E-state index in [1.165, 1.54) is 10.9 Å². The van der Waals surface area contributed by atoms with E-state index in [0.717, 1.165) is 39.9 Å². The first-order valence-electron chi connectivity index (χ1n) is 7.67. The van der Waals surface area contributed by atoms with Crippen LogP contribution >= 0.6 is 15.9 Å². The Morgan fingerprint density at radius 3 is 2.91 bits per heavy atom. The minimum Gasteiger partial charge on any atom is -0.356 e. The molecule has 0 aliphatic carbocycles. The van der Waals surface area contributed by atoms with E-state index in [9.17, 15) is 4.79 Å². The summed E-state index contributed by atoms with van der Waals surface area (Å²) in [6.45, 7) is 0.772. The summed E-state index contributed by atoms with van der Waals surface area (Å²) < 4.78 is 0.970. The number of hydrogen-bond donors (Lipinski definition) is 3. The zero-order chi connectivity index (χ0) is 15.6. The molecule has 3 aromatic rings. The molecule has 5 heteroatoms. The topological polar surface area (TPSA) is 56.9 Å². The number of halogens is 1. The summed E-state index contributed by atoms with van der Waals surface area (Å²) in [5, 5.41) is 7.72. The van der Waals surface area contributed by atoms with Crippen LogP contribution in [0.4, 0.5) is 5.69 Å². The highest BCUT2D eigenvalue weighted by molar-refractivity contribution is 9.10. The Balaban J connectivity index is 1.87. The van der Waals surface area contributed by atoms with Crippen molar-refractivity contribution in [2.24, 2.45) is 0 Å². The third-order valence-corrected chi connectivity index (χ3v) is 5.42. The first kappa shape index (κ1) is 13.3. The van der Waals surface area contributed by atoms with E-state index in [1.54, 1.807) is 0 Å². The van der Waals surface area contributed by atoms with Gasteiger partial charge in [-0.05, 0) is 36.2 Å². The number of H-pyrrole nitrogens is 1. The van der Waals surface area contributed by atoms with E-state index >= 15 is 0 Å². The minimum atomic E-state index is -0.828. The van der Waals surface area contributed by atoms with Crippen molar-refractivity contribution in [3.05, 3.63) is 63.8 Å². The normalized spacial score (nSPS) is 22.2. The Morgan fingerprint density at radius 2 is 2.00 bits per heavy atom. The third kappa shape index (κ3) is 1.61. The number of rotatable bonds is 0. The maximum atomic E-state index is 12.9. The van der Waals surface area contributed by atoms with Crippen molar-refractivity contribution >= 4 is 38.4 Å². The number of anilines is 1. The maximum absolute atomic E-state index is 12.9. The summed E-state index contributed by atoms with van der Waals surface area (Å²) >= 11 is 3.53. The van der Waals surface area contributed by atoms with Gasteiger partial charge in [0, 0.05) is 33.2 Å². The van der Waals surface area contributed by atoms with Crippen molar-refractivity contribution in [1.29, 1.82) is 0 Å². The average molecular weight is 368 g/mol. The first-order chi connectivity index (χ1) is 11.2. The standard InChI is InChI=1S/C18H14BrN3O/c19-10-5-6-15-13(9-10)18(17(23)22-15)16-12(7-8-20-18)11-3-1-2-4-14(11)21-16/h1-6,9,20-21H,7-8H2,(H,22,23)/t18-/m1/s1. The number of hydrogen-bond acceptors (Lipinski definition) is 2. The van der Waals surface area contributed by atoms with Gasteiger partial charge in [0.15, 0.2) is 5.54 Å². The summed E-state index contributed by atoms with van der Waals surface area (Å²) in [6.07, 6.45) is 0.914. The monoisotopic (exact) mass is 367 g/mol. The van der Waals surface area contributed by atoms with Gasteiger partial charge >= 0.3 is 0 Å². The molecule has 5 rings (SSSR count). The number of para-hydroxylation sites is 1. The van der Waals surface area contributed by atoms with Crippen molar-refractivity contribution in [2.75, 3.05) is 11.9 Å². The number of carbonyl (C=O) groups excluding carboxylic acids is 1. The van der Waals surface area contributed by atoms with Gasteiger partial charge in [-0.1, -0.05) is 34.1 Å². The van der Waals surface area contributed by atoms with Crippen LogP contribution in [0.1, 0.15) is 16.8 Å². The maximum Gasteiger partial charge on any atom is 0.255 e. The van der Waals surface area contributed by atoms with Gasteiger partial charge in [0.25, 0.3) is 5.91 Å². The fourth-order valence-corrected chi connectivity index (χ4v) is 4.30. The Labute approximate surface area is 141 Å². The summed E-state index contributed by atoms with van der Waals surface area (Å²) in [6, 6.07) is 14.2. The molecule has 0 fully saturated rings. The Bertz CT molecular complexity index is 978. The molecule has 0 unspecified atom stereocenters. The van der Waals surface area contributed by atoms with Crippen LogP contribution in [0, 0.1) is 0 Å². The molecule has 0 saturated heterocycles. The average Bonchev–Trinajstić information content (AvgIpc) is 3.06. The van der Waals surface area contributed by atoms with Crippen molar-refractivity contribution in [3.63, 3.8) is 0 Å². The van der Waals surface area contributed by atoms with E-state index in [0.29, 0.717) is 0 Å². The zero-order valence-corrected chi connectivity index (χ0v) is 13.8. The van der Waals surface area contributed by atoms with Crippen molar-refractivity contribution < 1.29 is 4.79 Å². The second kappa shape index (κ2) is 4.46. The second-order valence-corrected chi connectivity index (χ2v) is 7.01. The van der Waals surface area contributed by atoms with Gasteiger partial charge in [-0.25, -0.2) is 0 Å².